The summed E-state index contributed by atoms with van der Waals surface area (Å²) >= 11 is 0. The molecule has 0 aliphatic carbocycles. The Balaban J connectivity index is 1.55. The highest BCUT2D eigenvalue weighted by molar-refractivity contribution is 5.87. The van der Waals surface area contributed by atoms with Crippen LogP contribution in [-0.2, 0) is 24.2 Å². The first-order chi connectivity index (χ1) is 12.1. The van der Waals surface area contributed by atoms with Crippen LogP contribution in [0.4, 0.5) is 4.39 Å². The molecule has 1 amide bonds. The Morgan fingerprint density at radius 2 is 2.16 bits per heavy atom. The predicted molar refractivity (Wildman–Crippen MR) is 94.1 cm³/mol. The number of ether oxygens (including phenoxy) is 1. The van der Waals surface area contributed by atoms with Gasteiger partial charge in [0.1, 0.15) is 11.6 Å². The fourth-order valence-corrected chi connectivity index (χ4v) is 3.49. The van der Waals surface area contributed by atoms with Gasteiger partial charge >= 0.3 is 0 Å². The molecule has 0 bridgehead atoms. The van der Waals surface area contributed by atoms with Crippen molar-refractivity contribution in [2.24, 2.45) is 0 Å². The van der Waals surface area contributed by atoms with Crippen molar-refractivity contribution in [2.75, 3.05) is 13.7 Å². The Morgan fingerprint density at radius 1 is 1.28 bits per heavy atom. The molecule has 4 rings (SSSR count). The van der Waals surface area contributed by atoms with Gasteiger partial charge in [-0.2, -0.15) is 0 Å². The first-order valence-electron chi connectivity index (χ1n) is 8.34. The maximum Gasteiger partial charge on any atom is 0.227 e. The van der Waals surface area contributed by atoms with E-state index in [-0.39, 0.29) is 18.1 Å². The maximum absolute atomic E-state index is 13.3. The van der Waals surface area contributed by atoms with E-state index < -0.39 is 0 Å². The van der Waals surface area contributed by atoms with E-state index in [0.717, 1.165) is 28.8 Å². The van der Waals surface area contributed by atoms with Gasteiger partial charge in [-0.15, -0.1) is 0 Å². The SMILES string of the molecule is COc1ccc2[nH]c3c(c2c1)CCN(C(=O)Cc1cccc(F)c1)C3. The third-order valence-corrected chi connectivity index (χ3v) is 4.78. The Bertz CT molecular complexity index is 948. The lowest BCUT2D eigenvalue weighted by Gasteiger charge is -2.27. The fraction of sp³-hybridized carbons (Fsp3) is 0.250. The number of H-pyrrole nitrogens is 1. The number of rotatable bonds is 3. The van der Waals surface area contributed by atoms with Crippen LogP contribution in [-0.4, -0.2) is 29.4 Å². The number of carbonyl (C=O) groups is 1. The van der Waals surface area contributed by atoms with Crippen molar-refractivity contribution in [3.8, 4) is 5.75 Å². The standard InChI is InChI=1S/C20H19FN2O2/c1-25-15-5-6-18-17(11-15)16-7-8-23(12-19(16)22-18)20(24)10-13-3-2-4-14(21)9-13/h2-6,9,11,22H,7-8,10,12H2,1H3. The largest absolute Gasteiger partial charge is 0.497 e. The lowest BCUT2D eigenvalue weighted by atomic mass is 10.0. The fourth-order valence-electron chi connectivity index (χ4n) is 3.49. The van der Waals surface area contributed by atoms with Crippen molar-refractivity contribution in [3.63, 3.8) is 0 Å². The van der Waals surface area contributed by atoms with Gasteiger partial charge in [0.05, 0.1) is 20.1 Å². The number of aromatic nitrogens is 1. The van der Waals surface area contributed by atoms with E-state index in [1.165, 1.54) is 17.7 Å². The molecule has 5 heteroatoms. The van der Waals surface area contributed by atoms with Gasteiger partial charge in [-0.05, 0) is 47.9 Å². The van der Waals surface area contributed by atoms with Crippen LogP contribution in [0.3, 0.4) is 0 Å². The van der Waals surface area contributed by atoms with Crippen molar-refractivity contribution in [1.29, 1.82) is 0 Å². The van der Waals surface area contributed by atoms with Gasteiger partial charge in [0.2, 0.25) is 5.91 Å². The Labute approximate surface area is 145 Å². The van der Waals surface area contributed by atoms with Gasteiger partial charge in [0.25, 0.3) is 0 Å². The van der Waals surface area contributed by atoms with Gasteiger partial charge in [-0.1, -0.05) is 12.1 Å². The van der Waals surface area contributed by atoms with Crippen LogP contribution in [0, 0.1) is 5.82 Å². The number of hydrogen-bond donors (Lipinski definition) is 1. The third-order valence-electron chi connectivity index (χ3n) is 4.78. The molecule has 3 aromatic rings. The number of hydrogen-bond acceptors (Lipinski definition) is 2. The number of fused-ring (bicyclic) bond motifs is 3. The normalized spacial score (nSPS) is 13.8. The summed E-state index contributed by atoms with van der Waals surface area (Å²) < 4.78 is 18.6. The van der Waals surface area contributed by atoms with Gasteiger partial charge in [0.15, 0.2) is 0 Å². The molecule has 25 heavy (non-hydrogen) atoms. The minimum atomic E-state index is -0.309. The predicted octanol–water partition coefficient (Wildman–Crippen LogP) is 3.44. The van der Waals surface area contributed by atoms with E-state index in [9.17, 15) is 9.18 Å². The highest BCUT2D eigenvalue weighted by Crippen LogP contribution is 2.30. The number of benzene rings is 2. The molecule has 0 fully saturated rings. The number of halogens is 1. The molecule has 0 atom stereocenters. The molecule has 4 nitrogen and oxygen atoms in total. The monoisotopic (exact) mass is 338 g/mol. The minimum absolute atomic E-state index is 0.0208. The number of nitrogens with one attached hydrogen (secondary N) is 1. The molecule has 0 radical (unpaired) electrons. The number of carbonyl (C=O) groups excluding carboxylic acids is 1. The van der Waals surface area contributed by atoms with E-state index in [1.807, 2.05) is 23.1 Å². The van der Waals surface area contributed by atoms with Crippen LogP contribution in [0.25, 0.3) is 10.9 Å². The van der Waals surface area contributed by atoms with Crippen molar-refractivity contribution < 1.29 is 13.9 Å². The lowest BCUT2D eigenvalue weighted by molar-refractivity contribution is -0.131. The van der Waals surface area contributed by atoms with Gasteiger partial charge < -0.3 is 14.6 Å². The highest BCUT2D eigenvalue weighted by Gasteiger charge is 2.24. The third kappa shape index (κ3) is 2.97. The zero-order valence-electron chi connectivity index (χ0n) is 14.0. The smallest absolute Gasteiger partial charge is 0.227 e. The van der Waals surface area contributed by atoms with E-state index in [4.69, 9.17) is 4.74 Å². The number of aromatic amines is 1. The van der Waals surface area contributed by atoms with E-state index in [2.05, 4.69) is 4.98 Å². The molecule has 2 heterocycles. The summed E-state index contributed by atoms with van der Waals surface area (Å²) in [5.41, 5.74) is 4.09. The molecule has 2 aromatic carbocycles. The molecule has 1 aliphatic heterocycles. The lowest BCUT2D eigenvalue weighted by Crippen LogP contribution is -2.36. The molecule has 0 unspecified atom stereocenters. The molecule has 1 aromatic heterocycles. The average molecular weight is 338 g/mol. The van der Waals surface area contributed by atoms with Crippen molar-refractivity contribution >= 4 is 16.8 Å². The van der Waals surface area contributed by atoms with Crippen LogP contribution in [0.1, 0.15) is 16.8 Å². The number of methoxy groups -OCH3 is 1. The van der Waals surface area contributed by atoms with Crippen LogP contribution in [0.2, 0.25) is 0 Å². The molecule has 1 aliphatic rings. The highest BCUT2D eigenvalue weighted by atomic mass is 19.1. The summed E-state index contributed by atoms with van der Waals surface area (Å²) in [6, 6.07) is 12.2. The summed E-state index contributed by atoms with van der Waals surface area (Å²) in [6.07, 6.45) is 1.03. The molecule has 1 N–H and O–H groups in total. The van der Waals surface area contributed by atoms with Crippen LogP contribution in [0.5, 0.6) is 5.75 Å². The summed E-state index contributed by atoms with van der Waals surface area (Å²) in [7, 11) is 1.66. The zero-order valence-corrected chi connectivity index (χ0v) is 14.0. The Kier molecular flexibility index (Phi) is 3.92. The van der Waals surface area contributed by atoms with E-state index in [1.54, 1.807) is 19.2 Å². The van der Waals surface area contributed by atoms with Crippen molar-refractivity contribution in [1.82, 2.24) is 9.88 Å². The van der Waals surface area contributed by atoms with Gasteiger partial charge in [0, 0.05) is 23.1 Å². The molecular weight excluding hydrogens is 319 g/mol. The van der Waals surface area contributed by atoms with E-state index >= 15 is 0 Å². The quantitative estimate of drug-likeness (QED) is 0.795. The first kappa shape index (κ1) is 15.7. The number of amides is 1. The van der Waals surface area contributed by atoms with Crippen LogP contribution >= 0.6 is 0 Å². The Morgan fingerprint density at radius 3 is 2.96 bits per heavy atom. The van der Waals surface area contributed by atoms with E-state index in [0.29, 0.717) is 18.7 Å². The summed E-state index contributed by atoms with van der Waals surface area (Å²) in [5.74, 6) is 0.544. The van der Waals surface area contributed by atoms with Crippen LogP contribution in [0.15, 0.2) is 42.5 Å². The molecule has 0 saturated carbocycles. The molecular formula is C20H19FN2O2. The van der Waals surface area contributed by atoms with Crippen LogP contribution < -0.4 is 4.74 Å². The van der Waals surface area contributed by atoms with Gasteiger partial charge in [-0.25, -0.2) is 4.39 Å². The maximum atomic E-state index is 13.3. The first-order valence-corrected chi connectivity index (χ1v) is 8.34. The van der Waals surface area contributed by atoms with Crippen molar-refractivity contribution in [2.45, 2.75) is 19.4 Å². The summed E-state index contributed by atoms with van der Waals surface area (Å²) in [6.45, 7) is 1.23. The average Bonchev–Trinajstić information content (AvgIpc) is 2.98. The summed E-state index contributed by atoms with van der Waals surface area (Å²) in [5, 5.41) is 1.16. The second kappa shape index (κ2) is 6.24. The zero-order chi connectivity index (χ0) is 17.4. The second-order valence-corrected chi connectivity index (χ2v) is 6.37. The second-order valence-electron chi connectivity index (χ2n) is 6.37. The molecule has 0 saturated heterocycles. The topological polar surface area (TPSA) is 45.3 Å². The van der Waals surface area contributed by atoms with Gasteiger partial charge in [-0.3, -0.25) is 4.79 Å². The molecule has 0 spiro atoms. The molecule has 128 valence electrons. The van der Waals surface area contributed by atoms with Crippen molar-refractivity contribution in [3.05, 3.63) is 65.1 Å². The minimum Gasteiger partial charge on any atom is -0.497 e. The Hall–Kier alpha value is -2.82. The number of nitrogens with zero attached hydrogens (tertiary/aromatic N) is 1. The summed E-state index contributed by atoms with van der Waals surface area (Å²) in [4.78, 5) is 17.8.